The van der Waals surface area contributed by atoms with Crippen molar-refractivity contribution in [3.05, 3.63) is 54.1 Å². The standard InChI is InChI=1S/C15H19N3/c1-15(2,3)13-6-4-5-7-14(13)18-10-12-8-16-11-17-9-12/h4-9,11,18H,10H2,1-3H3. The first-order valence-corrected chi connectivity index (χ1v) is 6.14. The lowest BCUT2D eigenvalue weighted by Crippen LogP contribution is -2.14. The van der Waals surface area contributed by atoms with Crippen LogP contribution in [0.25, 0.3) is 0 Å². The predicted octanol–water partition coefficient (Wildman–Crippen LogP) is 3.39. The molecule has 0 fully saturated rings. The van der Waals surface area contributed by atoms with E-state index in [2.05, 4.69) is 60.3 Å². The number of hydrogen-bond donors (Lipinski definition) is 1. The first-order chi connectivity index (χ1) is 8.57. The minimum atomic E-state index is 0.136. The molecule has 0 bridgehead atoms. The Bertz CT molecular complexity index is 501. The Hall–Kier alpha value is -1.90. The van der Waals surface area contributed by atoms with E-state index >= 15 is 0 Å². The first-order valence-electron chi connectivity index (χ1n) is 6.14. The van der Waals surface area contributed by atoms with Gasteiger partial charge in [-0.15, -0.1) is 0 Å². The minimum Gasteiger partial charge on any atom is -0.381 e. The van der Waals surface area contributed by atoms with Crippen molar-refractivity contribution in [1.82, 2.24) is 9.97 Å². The molecule has 1 aromatic carbocycles. The molecule has 0 amide bonds. The van der Waals surface area contributed by atoms with Crippen molar-refractivity contribution in [3.63, 3.8) is 0 Å². The van der Waals surface area contributed by atoms with E-state index in [4.69, 9.17) is 0 Å². The van der Waals surface area contributed by atoms with Crippen LogP contribution in [0.4, 0.5) is 5.69 Å². The van der Waals surface area contributed by atoms with Crippen LogP contribution in [-0.2, 0) is 12.0 Å². The zero-order chi connectivity index (χ0) is 13.0. The summed E-state index contributed by atoms with van der Waals surface area (Å²) in [5.41, 5.74) is 3.72. The van der Waals surface area contributed by atoms with Gasteiger partial charge in [-0.1, -0.05) is 39.0 Å². The third kappa shape index (κ3) is 3.06. The van der Waals surface area contributed by atoms with Gasteiger partial charge in [0.15, 0.2) is 0 Å². The van der Waals surface area contributed by atoms with Crippen molar-refractivity contribution in [2.24, 2.45) is 0 Å². The van der Waals surface area contributed by atoms with E-state index in [1.165, 1.54) is 11.3 Å². The fourth-order valence-electron chi connectivity index (χ4n) is 1.91. The number of hydrogen-bond acceptors (Lipinski definition) is 3. The van der Waals surface area contributed by atoms with Crippen LogP contribution >= 0.6 is 0 Å². The number of nitrogens with zero attached hydrogens (tertiary/aromatic N) is 2. The van der Waals surface area contributed by atoms with Crippen molar-refractivity contribution in [2.45, 2.75) is 32.7 Å². The van der Waals surface area contributed by atoms with E-state index in [9.17, 15) is 0 Å². The van der Waals surface area contributed by atoms with Crippen LogP contribution < -0.4 is 5.32 Å². The Morgan fingerprint density at radius 2 is 1.72 bits per heavy atom. The van der Waals surface area contributed by atoms with Gasteiger partial charge in [0.25, 0.3) is 0 Å². The van der Waals surface area contributed by atoms with Crippen LogP contribution in [0.15, 0.2) is 43.0 Å². The van der Waals surface area contributed by atoms with Gasteiger partial charge in [0, 0.05) is 30.2 Å². The molecular weight excluding hydrogens is 222 g/mol. The predicted molar refractivity (Wildman–Crippen MR) is 74.5 cm³/mol. The molecule has 2 rings (SSSR count). The lowest BCUT2D eigenvalue weighted by molar-refractivity contribution is 0.591. The molecule has 1 N–H and O–H groups in total. The van der Waals surface area contributed by atoms with Gasteiger partial charge in [0.1, 0.15) is 6.33 Å². The largest absolute Gasteiger partial charge is 0.381 e. The molecule has 1 aromatic heterocycles. The summed E-state index contributed by atoms with van der Waals surface area (Å²) in [7, 11) is 0. The van der Waals surface area contributed by atoms with E-state index in [0.29, 0.717) is 0 Å². The summed E-state index contributed by atoms with van der Waals surface area (Å²) in [4.78, 5) is 8.03. The Morgan fingerprint density at radius 1 is 1.06 bits per heavy atom. The van der Waals surface area contributed by atoms with Crippen LogP contribution in [0.5, 0.6) is 0 Å². The summed E-state index contributed by atoms with van der Waals surface area (Å²) in [6.07, 6.45) is 5.21. The lowest BCUT2D eigenvalue weighted by atomic mass is 9.86. The van der Waals surface area contributed by atoms with Crippen LogP contribution in [0, 0.1) is 0 Å². The molecule has 0 aliphatic rings. The molecule has 94 valence electrons. The number of rotatable bonds is 3. The molecule has 18 heavy (non-hydrogen) atoms. The Kier molecular flexibility index (Phi) is 3.60. The van der Waals surface area contributed by atoms with Gasteiger partial charge < -0.3 is 5.32 Å². The fraction of sp³-hybridized carbons (Fsp3) is 0.333. The van der Waals surface area contributed by atoms with Crippen LogP contribution in [0.2, 0.25) is 0 Å². The van der Waals surface area contributed by atoms with Crippen molar-refractivity contribution in [2.75, 3.05) is 5.32 Å². The maximum atomic E-state index is 4.02. The molecule has 2 aromatic rings. The van der Waals surface area contributed by atoms with Crippen molar-refractivity contribution < 1.29 is 0 Å². The summed E-state index contributed by atoms with van der Waals surface area (Å²) in [5, 5.41) is 3.46. The molecule has 1 heterocycles. The zero-order valence-electron chi connectivity index (χ0n) is 11.1. The second-order valence-electron chi connectivity index (χ2n) is 5.40. The normalized spacial score (nSPS) is 11.3. The number of nitrogens with one attached hydrogen (secondary N) is 1. The Morgan fingerprint density at radius 3 is 2.39 bits per heavy atom. The fourth-order valence-corrected chi connectivity index (χ4v) is 1.91. The second kappa shape index (κ2) is 5.17. The van der Waals surface area contributed by atoms with Crippen molar-refractivity contribution in [1.29, 1.82) is 0 Å². The number of anilines is 1. The molecule has 0 atom stereocenters. The van der Waals surface area contributed by atoms with E-state index in [0.717, 1.165) is 12.1 Å². The molecule has 0 aliphatic heterocycles. The quantitative estimate of drug-likeness (QED) is 0.895. The van der Waals surface area contributed by atoms with E-state index < -0.39 is 0 Å². The van der Waals surface area contributed by atoms with Crippen LogP contribution in [-0.4, -0.2) is 9.97 Å². The maximum Gasteiger partial charge on any atom is 0.115 e. The minimum absolute atomic E-state index is 0.136. The number of para-hydroxylation sites is 1. The van der Waals surface area contributed by atoms with Crippen LogP contribution in [0.3, 0.4) is 0 Å². The summed E-state index contributed by atoms with van der Waals surface area (Å²) in [5.74, 6) is 0. The van der Waals surface area contributed by atoms with E-state index in [1.54, 1.807) is 6.33 Å². The molecule has 0 spiro atoms. The second-order valence-corrected chi connectivity index (χ2v) is 5.40. The molecule has 0 radical (unpaired) electrons. The van der Waals surface area contributed by atoms with Gasteiger partial charge in [-0.3, -0.25) is 0 Å². The van der Waals surface area contributed by atoms with Crippen molar-refractivity contribution in [3.8, 4) is 0 Å². The Balaban J connectivity index is 2.15. The third-order valence-corrected chi connectivity index (χ3v) is 2.83. The van der Waals surface area contributed by atoms with Gasteiger partial charge in [0.05, 0.1) is 0 Å². The highest BCUT2D eigenvalue weighted by Crippen LogP contribution is 2.29. The zero-order valence-corrected chi connectivity index (χ0v) is 11.1. The molecule has 3 heteroatoms. The summed E-state index contributed by atoms with van der Waals surface area (Å²) < 4.78 is 0. The summed E-state index contributed by atoms with van der Waals surface area (Å²) >= 11 is 0. The van der Waals surface area contributed by atoms with E-state index in [-0.39, 0.29) is 5.41 Å². The monoisotopic (exact) mass is 241 g/mol. The molecular formula is C15H19N3. The summed E-state index contributed by atoms with van der Waals surface area (Å²) in [6, 6.07) is 8.42. The highest BCUT2D eigenvalue weighted by molar-refractivity contribution is 5.54. The smallest absolute Gasteiger partial charge is 0.115 e. The van der Waals surface area contributed by atoms with Gasteiger partial charge in [-0.25, -0.2) is 9.97 Å². The average molecular weight is 241 g/mol. The van der Waals surface area contributed by atoms with Gasteiger partial charge >= 0.3 is 0 Å². The molecule has 0 unspecified atom stereocenters. The average Bonchev–Trinajstić information content (AvgIpc) is 2.37. The van der Waals surface area contributed by atoms with Gasteiger partial charge in [-0.2, -0.15) is 0 Å². The highest BCUT2D eigenvalue weighted by Gasteiger charge is 2.16. The Labute approximate surface area is 108 Å². The molecule has 0 aliphatic carbocycles. The number of benzene rings is 1. The third-order valence-electron chi connectivity index (χ3n) is 2.83. The lowest BCUT2D eigenvalue weighted by Gasteiger charge is -2.23. The molecule has 0 saturated carbocycles. The SMILES string of the molecule is CC(C)(C)c1ccccc1NCc1cncnc1. The van der Waals surface area contributed by atoms with Crippen molar-refractivity contribution >= 4 is 5.69 Å². The topological polar surface area (TPSA) is 37.8 Å². The van der Waals surface area contributed by atoms with Gasteiger partial charge in [-0.05, 0) is 17.0 Å². The number of aromatic nitrogens is 2. The maximum absolute atomic E-state index is 4.02. The molecule has 0 saturated heterocycles. The highest BCUT2D eigenvalue weighted by atomic mass is 14.9. The first kappa shape index (κ1) is 12.6. The van der Waals surface area contributed by atoms with Gasteiger partial charge in [0.2, 0.25) is 0 Å². The molecule has 3 nitrogen and oxygen atoms in total. The summed E-state index contributed by atoms with van der Waals surface area (Å²) in [6.45, 7) is 7.41. The van der Waals surface area contributed by atoms with E-state index in [1.807, 2.05) is 12.4 Å². The van der Waals surface area contributed by atoms with Crippen LogP contribution in [0.1, 0.15) is 31.9 Å².